The molecule has 0 aliphatic carbocycles. The Morgan fingerprint density at radius 1 is 1.24 bits per heavy atom. The van der Waals surface area contributed by atoms with Gasteiger partial charge in [-0.2, -0.15) is 5.10 Å². The third-order valence-corrected chi connectivity index (χ3v) is 2.35. The normalized spacial score (nSPS) is 11.2. The predicted molar refractivity (Wildman–Crippen MR) is 58.6 cm³/mol. The van der Waals surface area contributed by atoms with Crippen LogP contribution < -0.4 is 0 Å². The molecule has 0 N–H and O–H groups in total. The summed E-state index contributed by atoms with van der Waals surface area (Å²) in [7, 11) is 0. The smallest absolute Gasteiger partial charge is 0.238 e. The summed E-state index contributed by atoms with van der Waals surface area (Å²) in [6.45, 7) is 3.49. The first-order chi connectivity index (χ1) is 7.97. The minimum absolute atomic E-state index is 0.0952. The molecule has 0 atom stereocenters. The van der Waals surface area contributed by atoms with Crippen molar-refractivity contribution in [3.8, 4) is 5.82 Å². The minimum Gasteiger partial charge on any atom is -0.238 e. The summed E-state index contributed by atoms with van der Waals surface area (Å²) in [5.41, 5.74) is 0.349. The van der Waals surface area contributed by atoms with Crippen molar-refractivity contribution in [1.82, 2.24) is 19.7 Å². The second kappa shape index (κ2) is 4.37. The molecule has 0 aromatic carbocycles. The van der Waals surface area contributed by atoms with E-state index in [1.807, 2.05) is 0 Å². The van der Waals surface area contributed by atoms with Gasteiger partial charge in [0.1, 0.15) is 16.7 Å². The van der Waals surface area contributed by atoms with Gasteiger partial charge in [-0.25, -0.2) is 23.4 Å². The minimum atomic E-state index is -2.65. The summed E-state index contributed by atoms with van der Waals surface area (Å²) >= 11 is 5.83. The lowest BCUT2D eigenvalue weighted by Crippen LogP contribution is -2.04. The molecule has 90 valence electrons. The average molecular weight is 259 g/mol. The molecule has 2 heterocycles. The SMILES string of the molecule is Cc1cc(-n2nc(C(F)F)cc2Cl)nc(C)n1. The van der Waals surface area contributed by atoms with Gasteiger partial charge in [0.25, 0.3) is 6.43 Å². The van der Waals surface area contributed by atoms with Crippen LogP contribution in [0.25, 0.3) is 5.82 Å². The maximum absolute atomic E-state index is 12.5. The molecule has 0 radical (unpaired) electrons. The molecule has 0 aliphatic heterocycles. The first kappa shape index (κ1) is 11.9. The Labute approximate surface area is 101 Å². The Morgan fingerprint density at radius 3 is 2.47 bits per heavy atom. The summed E-state index contributed by atoms with van der Waals surface area (Å²) < 4.78 is 26.1. The van der Waals surface area contributed by atoms with Crippen LogP contribution in [0.2, 0.25) is 5.15 Å². The zero-order valence-corrected chi connectivity index (χ0v) is 9.91. The van der Waals surface area contributed by atoms with E-state index < -0.39 is 6.43 Å². The third-order valence-electron chi connectivity index (χ3n) is 2.08. The van der Waals surface area contributed by atoms with Crippen LogP contribution in [-0.4, -0.2) is 19.7 Å². The summed E-state index contributed by atoms with van der Waals surface area (Å²) in [5, 5.41) is 3.80. The molecule has 0 spiro atoms. The van der Waals surface area contributed by atoms with Gasteiger partial charge in [-0.3, -0.25) is 0 Å². The molecule has 0 aliphatic rings. The molecule has 2 aromatic rings. The molecule has 0 bridgehead atoms. The molecule has 0 saturated carbocycles. The predicted octanol–water partition coefficient (Wildman–Crippen LogP) is 2.87. The van der Waals surface area contributed by atoms with E-state index in [1.165, 1.54) is 4.68 Å². The molecule has 0 unspecified atom stereocenters. The van der Waals surface area contributed by atoms with Gasteiger partial charge in [-0.05, 0) is 13.8 Å². The van der Waals surface area contributed by atoms with E-state index in [-0.39, 0.29) is 10.8 Å². The van der Waals surface area contributed by atoms with Gasteiger partial charge in [-0.15, -0.1) is 0 Å². The van der Waals surface area contributed by atoms with Crippen LogP contribution in [0.4, 0.5) is 8.78 Å². The van der Waals surface area contributed by atoms with Gasteiger partial charge < -0.3 is 0 Å². The highest BCUT2D eigenvalue weighted by Gasteiger charge is 2.16. The maximum atomic E-state index is 12.5. The second-order valence-corrected chi connectivity index (χ2v) is 3.91. The van der Waals surface area contributed by atoms with Crippen LogP contribution in [0.15, 0.2) is 12.1 Å². The summed E-state index contributed by atoms with van der Waals surface area (Å²) in [6.07, 6.45) is -2.65. The van der Waals surface area contributed by atoms with Crippen molar-refractivity contribution >= 4 is 11.6 Å². The number of hydrogen-bond donors (Lipinski definition) is 0. The van der Waals surface area contributed by atoms with Crippen LogP contribution in [0.3, 0.4) is 0 Å². The highest BCUT2D eigenvalue weighted by Crippen LogP contribution is 2.23. The highest BCUT2D eigenvalue weighted by atomic mass is 35.5. The van der Waals surface area contributed by atoms with Crippen molar-refractivity contribution in [3.63, 3.8) is 0 Å². The van der Waals surface area contributed by atoms with Crippen molar-refractivity contribution in [3.05, 3.63) is 34.5 Å². The first-order valence-corrected chi connectivity index (χ1v) is 5.21. The van der Waals surface area contributed by atoms with Crippen molar-refractivity contribution < 1.29 is 8.78 Å². The number of aromatic nitrogens is 4. The lowest BCUT2D eigenvalue weighted by molar-refractivity contribution is 0.145. The van der Waals surface area contributed by atoms with E-state index >= 15 is 0 Å². The summed E-state index contributed by atoms with van der Waals surface area (Å²) in [6, 6.07) is 2.75. The molecule has 7 heteroatoms. The van der Waals surface area contributed by atoms with Crippen LogP contribution in [-0.2, 0) is 0 Å². The summed E-state index contributed by atoms with van der Waals surface area (Å²) in [5.74, 6) is 0.914. The van der Waals surface area contributed by atoms with Crippen molar-refractivity contribution in [1.29, 1.82) is 0 Å². The first-order valence-electron chi connectivity index (χ1n) is 4.83. The number of aryl methyl sites for hydroxylation is 2. The van der Waals surface area contributed by atoms with Gasteiger partial charge in [0.2, 0.25) is 0 Å². The van der Waals surface area contributed by atoms with E-state index in [2.05, 4.69) is 15.1 Å². The fourth-order valence-corrected chi connectivity index (χ4v) is 1.68. The maximum Gasteiger partial charge on any atom is 0.282 e. The third kappa shape index (κ3) is 2.41. The van der Waals surface area contributed by atoms with Crippen LogP contribution in [0, 0.1) is 13.8 Å². The summed E-state index contributed by atoms with van der Waals surface area (Å²) in [4.78, 5) is 8.19. The topological polar surface area (TPSA) is 43.6 Å². The highest BCUT2D eigenvalue weighted by molar-refractivity contribution is 6.29. The fourth-order valence-electron chi connectivity index (χ4n) is 1.45. The van der Waals surface area contributed by atoms with Gasteiger partial charge in [0, 0.05) is 17.8 Å². The Bertz CT molecular complexity index is 533. The van der Waals surface area contributed by atoms with Crippen LogP contribution >= 0.6 is 11.6 Å². The Hall–Kier alpha value is -1.56. The van der Waals surface area contributed by atoms with Crippen molar-refractivity contribution in [2.24, 2.45) is 0 Å². The van der Waals surface area contributed by atoms with Crippen molar-refractivity contribution in [2.45, 2.75) is 20.3 Å². The molecule has 0 saturated heterocycles. The molecule has 17 heavy (non-hydrogen) atoms. The Kier molecular flexibility index (Phi) is 3.06. The molecule has 0 fully saturated rings. The van der Waals surface area contributed by atoms with E-state index in [9.17, 15) is 8.78 Å². The van der Waals surface area contributed by atoms with E-state index in [0.717, 1.165) is 11.8 Å². The largest absolute Gasteiger partial charge is 0.282 e. The average Bonchev–Trinajstić information content (AvgIpc) is 2.59. The Morgan fingerprint density at radius 2 is 1.94 bits per heavy atom. The van der Waals surface area contributed by atoms with Gasteiger partial charge in [0.05, 0.1) is 0 Å². The number of hydrogen-bond acceptors (Lipinski definition) is 3. The molecule has 2 rings (SSSR count). The monoisotopic (exact) mass is 258 g/mol. The van der Waals surface area contributed by atoms with Crippen LogP contribution in [0.1, 0.15) is 23.6 Å². The van der Waals surface area contributed by atoms with E-state index in [0.29, 0.717) is 11.6 Å². The number of halogens is 3. The molecule has 4 nitrogen and oxygen atoms in total. The number of alkyl halides is 2. The molecular formula is C10H9ClF2N4. The Balaban J connectivity index is 2.52. The molecular weight excluding hydrogens is 250 g/mol. The second-order valence-electron chi connectivity index (χ2n) is 3.52. The van der Waals surface area contributed by atoms with E-state index in [4.69, 9.17) is 11.6 Å². The van der Waals surface area contributed by atoms with Crippen molar-refractivity contribution in [2.75, 3.05) is 0 Å². The standard InChI is InChI=1S/C10H9ClF2N4/c1-5-3-9(15-6(2)14-5)17-8(11)4-7(16-17)10(12)13/h3-4,10H,1-2H3. The van der Waals surface area contributed by atoms with Gasteiger partial charge >= 0.3 is 0 Å². The fraction of sp³-hybridized carbons (Fsp3) is 0.300. The molecule has 0 amide bonds. The molecule has 2 aromatic heterocycles. The van der Waals surface area contributed by atoms with E-state index in [1.54, 1.807) is 19.9 Å². The lowest BCUT2D eigenvalue weighted by Gasteiger charge is -2.04. The van der Waals surface area contributed by atoms with Gasteiger partial charge in [0.15, 0.2) is 5.82 Å². The zero-order valence-electron chi connectivity index (χ0n) is 9.15. The number of nitrogens with zero attached hydrogens (tertiary/aromatic N) is 4. The zero-order chi connectivity index (χ0) is 12.6. The van der Waals surface area contributed by atoms with Crippen LogP contribution in [0.5, 0.6) is 0 Å². The van der Waals surface area contributed by atoms with Gasteiger partial charge in [-0.1, -0.05) is 11.6 Å². The number of rotatable bonds is 2. The lowest BCUT2D eigenvalue weighted by atomic mass is 10.4. The quantitative estimate of drug-likeness (QED) is 0.832.